The third-order valence-corrected chi connectivity index (χ3v) is 6.02. The molecule has 0 amide bonds. The average Bonchev–Trinajstić information content (AvgIpc) is 2.97. The van der Waals surface area contributed by atoms with Gasteiger partial charge in [0.15, 0.2) is 0 Å². The quantitative estimate of drug-likeness (QED) is 0.723. The predicted molar refractivity (Wildman–Crippen MR) is 105 cm³/mol. The van der Waals surface area contributed by atoms with Crippen LogP contribution < -0.4 is 4.90 Å². The highest BCUT2D eigenvalue weighted by Gasteiger charge is 2.29. The number of thiophene rings is 1. The summed E-state index contributed by atoms with van der Waals surface area (Å²) in [6.45, 7) is 5.10. The van der Waals surface area contributed by atoms with Gasteiger partial charge in [0.05, 0.1) is 11.3 Å². The normalized spacial score (nSPS) is 17.4. The Hall–Kier alpha value is -2.54. The Labute approximate surface area is 160 Å². The minimum atomic E-state index is -0.762. The highest BCUT2D eigenvalue weighted by molar-refractivity contribution is 7.19. The molecule has 0 radical (unpaired) electrons. The first-order chi connectivity index (χ1) is 12.9. The van der Waals surface area contributed by atoms with Crippen LogP contribution in [0.5, 0.6) is 0 Å². The summed E-state index contributed by atoms with van der Waals surface area (Å²) >= 11 is 1.59. The molecule has 3 heterocycles. The fourth-order valence-electron chi connectivity index (χ4n) is 3.76. The molecule has 140 valence electrons. The van der Waals surface area contributed by atoms with Crippen LogP contribution >= 0.6 is 11.3 Å². The van der Waals surface area contributed by atoms with Gasteiger partial charge in [0.2, 0.25) is 0 Å². The Morgan fingerprint density at radius 2 is 2.00 bits per heavy atom. The number of piperidine rings is 1. The van der Waals surface area contributed by atoms with E-state index in [1.54, 1.807) is 23.5 Å². The van der Waals surface area contributed by atoms with E-state index < -0.39 is 11.9 Å². The summed E-state index contributed by atoms with van der Waals surface area (Å²) in [5.74, 6) is 0.0256. The van der Waals surface area contributed by atoms with E-state index in [1.807, 2.05) is 13.8 Å². The highest BCUT2D eigenvalue weighted by Crippen LogP contribution is 2.42. The molecule has 2 aromatic heterocycles. The van der Waals surface area contributed by atoms with Gasteiger partial charge < -0.3 is 10.0 Å². The van der Waals surface area contributed by atoms with E-state index in [9.17, 15) is 14.3 Å². The van der Waals surface area contributed by atoms with Crippen LogP contribution in [0.1, 0.15) is 23.5 Å². The number of hydrogen-bond donors (Lipinski definition) is 1. The third-order valence-electron chi connectivity index (χ3n) is 5.02. The number of halogens is 1. The van der Waals surface area contributed by atoms with Gasteiger partial charge >= 0.3 is 5.97 Å². The van der Waals surface area contributed by atoms with Gasteiger partial charge in [-0.2, -0.15) is 0 Å². The van der Waals surface area contributed by atoms with Gasteiger partial charge in [-0.05, 0) is 44.4 Å². The summed E-state index contributed by atoms with van der Waals surface area (Å²) in [4.78, 5) is 24.8. The van der Waals surface area contributed by atoms with Crippen LogP contribution in [0.3, 0.4) is 0 Å². The van der Waals surface area contributed by atoms with Crippen molar-refractivity contribution in [1.29, 1.82) is 0 Å². The molecule has 1 aliphatic heterocycles. The molecular formula is C20H20FN3O2S. The minimum Gasteiger partial charge on any atom is -0.481 e. The lowest BCUT2D eigenvalue weighted by Gasteiger charge is -2.32. The SMILES string of the molecule is Cc1nc(N2CCCC(C(=O)O)C2)c2c(-c3ccc(F)cc3)c(C)sc2n1. The molecule has 1 aliphatic rings. The van der Waals surface area contributed by atoms with E-state index in [1.165, 1.54) is 12.1 Å². The summed E-state index contributed by atoms with van der Waals surface area (Å²) in [6.07, 6.45) is 1.50. The van der Waals surface area contributed by atoms with Crippen LogP contribution in [0.4, 0.5) is 10.2 Å². The van der Waals surface area contributed by atoms with Crippen molar-refractivity contribution < 1.29 is 14.3 Å². The van der Waals surface area contributed by atoms with E-state index in [-0.39, 0.29) is 5.82 Å². The highest BCUT2D eigenvalue weighted by atomic mass is 32.1. The minimum absolute atomic E-state index is 0.274. The van der Waals surface area contributed by atoms with Crippen molar-refractivity contribution in [3.05, 3.63) is 40.8 Å². The Balaban J connectivity index is 1.90. The van der Waals surface area contributed by atoms with Crippen molar-refractivity contribution in [2.45, 2.75) is 26.7 Å². The van der Waals surface area contributed by atoms with Crippen LogP contribution in [0.2, 0.25) is 0 Å². The second-order valence-corrected chi connectivity index (χ2v) is 8.14. The van der Waals surface area contributed by atoms with Crippen molar-refractivity contribution in [2.75, 3.05) is 18.0 Å². The fraction of sp³-hybridized carbons (Fsp3) is 0.350. The number of carboxylic acid groups (broad SMARTS) is 1. The van der Waals surface area contributed by atoms with Crippen LogP contribution in [-0.4, -0.2) is 34.1 Å². The van der Waals surface area contributed by atoms with E-state index in [0.29, 0.717) is 18.8 Å². The maximum atomic E-state index is 13.4. The summed E-state index contributed by atoms with van der Waals surface area (Å²) in [6, 6.07) is 6.44. The molecule has 1 unspecified atom stereocenters. The lowest BCUT2D eigenvalue weighted by atomic mass is 9.97. The zero-order valence-electron chi connectivity index (χ0n) is 15.2. The van der Waals surface area contributed by atoms with Gasteiger partial charge in [0.1, 0.15) is 22.3 Å². The predicted octanol–water partition coefficient (Wildman–Crippen LogP) is 4.42. The standard InChI is InChI=1S/C20H20FN3O2S/c1-11-16(13-5-7-15(21)8-6-13)17-18(22-12(2)23-19(17)27-11)24-9-3-4-14(10-24)20(25)26/h5-8,14H,3-4,9-10H2,1-2H3,(H,25,26). The second kappa shape index (κ2) is 6.88. The molecule has 1 aromatic carbocycles. The van der Waals surface area contributed by atoms with Crippen molar-refractivity contribution in [3.8, 4) is 11.1 Å². The number of aromatic nitrogens is 2. The lowest BCUT2D eigenvalue weighted by Crippen LogP contribution is -2.39. The summed E-state index contributed by atoms with van der Waals surface area (Å²) in [5, 5.41) is 10.4. The zero-order valence-corrected chi connectivity index (χ0v) is 16.0. The Morgan fingerprint density at radius 3 is 2.70 bits per heavy atom. The van der Waals surface area contributed by atoms with Crippen LogP contribution in [0, 0.1) is 25.6 Å². The van der Waals surface area contributed by atoms with E-state index in [2.05, 4.69) is 9.88 Å². The molecule has 0 spiro atoms. The Morgan fingerprint density at radius 1 is 1.26 bits per heavy atom. The number of carboxylic acids is 1. The molecule has 1 atom stereocenters. The van der Waals surface area contributed by atoms with E-state index in [0.717, 1.165) is 45.0 Å². The maximum Gasteiger partial charge on any atom is 0.308 e. The van der Waals surface area contributed by atoms with Gasteiger partial charge in [0, 0.05) is 23.5 Å². The van der Waals surface area contributed by atoms with Gasteiger partial charge in [0.25, 0.3) is 0 Å². The second-order valence-electron chi connectivity index (χ2n) is 6.94. The number of benzene rings is 1. The van der Waals surface area contributed by atoms with Crippen LogP contribution in [0.15, 0.2) is 24.3 Å². The Kier molecular flexibility index (Phi) is 4.55. The number of aryl methyl sites for hydroxylation is 2. The number of aliphatic carboxylic acids is 1. The number of nitrogens with zero attached hydrogens (tertiary/aromatic N) is 3. The fourth-order valence-corrected chi connectivity index (χ4v) is 4.85. The third kappa shape index (κ3) is 3.27. The molecule has 0 saturated carbocycles. The van der Waals surface area contributed by atoms with E-state index in [4.69, 9.17) is 4.98 Å². The van der Waals surface area contributed by atoms with Gasteiger partial charge in [-0.15, -0.1) is 11.3 Å². The van der Waals surface area contributed by atoms with E-state index >= 15 is 0 Å². The van der Waals surface area contributed by atoms with Gasteiger partial charge in [-0.1, -0.05) is 12.1 Å². The summed E-state index contributed by atoms with van der Waals surface area (Å²) in [7, 11) is 0. The van der Waals surface area contributed by atoms with Gasteiger partial charge in [-0.3, -0.25) is 4.79 Å². The molecule has 1 saturated heterocycles. The molecule has 7 heteroatoms. The number of rotatable bonds is 3. The number of hydrogen-bond acceptors (Lipinski definition) is 5. The number of anilines is 1. The maximum absolute atomic E-state index is 13.4. The Bertz CT molecular complexity index is 1020. The first kappa shape index (κ1) is 17.9. The van der Waals surface area contributed by atoms with Gasteiger partial charge in [-0.25, -0.2) is 14.4 Å². The summed E-state index contributed by atoms with van der Waals surface area (Å²) in [5.41, 5.74) is 1.92. The number of carbonyl (C=O) groups is 1. The van der Waals surface area contributed by atoms with Crippen LogP contribution in [0.25, 0.3) is 21.3 Å². The largest absolute Gasteiger partial charge is 0.481 e. The molecule has 1 N–H and O–H groups in total. The monoisotopic (exact) mass is 385 g/mol. The first-order valence-electron chi connectivity index (χ1n) is 8.95. The van der Waals surface area contributed by atoms with Crippen molar-refractivity contribution in [2.24, 2.45) is 5.92 Å². The molecule has 4 rings (SSSR count). The molecule has 1 fully saturated rings. The zero-order chi connectivity index (χ0) is 19.1. The van der Waals surface area contributed by atoms with Crippen molar-refractivity contribution >= 4 is 33.3 Å². The number of fused-ring (bicyclic) bond motifs is 1. The van der Waals surface area contributed by atoms with Crippen LogP contribution in [-0.2, 0) is 4.79 Å². The topological polar surface area (TPSA) is 66.3 Å². The lowest BCUT2D eigenvalue weighted by molar-refractivity contribution is -0.141. The molecule has 0 aliphatic carbocycles. The van der Waals surface area contributed by atoms with Crippen molar-refractivity contribution in [1.82, 2.24) is 9.97 Å². The first-order valence-corrected chi connectivity index (χ1v) is 9.77. The average molecular weight is 385 g/mol. The molecular weight excluding hydrogens is 365 g/mol. The molecule has 0 bridgehead atoms. The molecule has 5 nitrogen and oxygen atoms in total. The summed E-state index contributed by atoms with van der Waals surface area (Å²) < 4.78 is 13.4. The molecule has 3 aromatic rings. The van der Waals surface area contributed by atoms with Crippen molar-refractivity contribution in [3.63, 3.8) is 0 Å². The molecule has 27 heavy (non-hydrogen) atoms. The smallest absolute Gasteiger partial charge is 0.308 e.